The molecule has 0 fully saturated rings. The molecule has 0 aliphatic rings. The van der Waals surface area contributed by atoms with E-state index in [4.69, 9.17) is 0 Å². The summed E-state index contributed by atoms with van der Waals surface area (Å²) < 4.78 is 0. The Morgan fingerprint density at radius 3 is 2.27 bits per heavy atom. The van der Waals surface area contributed by atoms with Crippen molar-refractivity contribution in [1.29, 1.82) is 0 Å². The lowest BCUT2D eigenvalue weighted by atomic mass is 10.1. The predicted octanol–water partition coefficient (Wildman–Crippen LogP) is 4.16. The van der Waals surface area contributed by atoms with E-state index in [-0.39, 0.29) is 28.6 Å². The highest BCUT2D eigenvalue weighted by molar-refractivity contribution is 8.00. The van der Waals surface area contributed by atoms with Gasteiger partial charge in [0.05, 0.1) is 10.9 Å². The zero-order valence-electron chi connectivity index (χ0n) is 19.2. The number of para-hydroxylation sites is 1. The van der Waals surface area contributed by atoms with Gasteiger partial charge in [-0.2, -0.15) is 0 Å². The van der Waals surface area contributed by atoms with E-state index in [1.54, 1.807) is 45.0 Å². The molecule has 8 nitrogen and oxygen atoms in total. The summed E-state index contributed by atoms with van der Waals surface area (Å²) in [5.74, 6) is -0.581. The molecule has 0 saturated carbocycles. The van der Waals surface area contributed by atoms with Crippen LogP contribution in [0.4, 0.5) is 11.4 Å². The average Bonchev–Trinajstić information content (AvgIpc) is 2.77. The minimum Gasteiger partial charge on any atom is -0.325 e. The molecule has 2 amide bonds. The zero-order valence-corrected chi connectivity index (χ0v) is 20.0. The normalized spacial score (nSPS) is 11.8. The van der Waals surface area contributed by atoms with E-state index in [1.165, 1.54) is 0 Å². The number of rotatable bonds is 7. The molecule has 1 atom stereocenters. The fourth-order valence-corrected chi connectivity index (χ4v) is 3.71. The monoisotopic (exact) mass is 465 g/mol. The van der Waals surface area contributed by atoms with Crippen molar-refractivity contribution in [2.75, 3.05) is 10.6 Å². The minimum absolute atomic E-state index is 0.0893. The predicted molar refractivity (Wildman–Crippen MR) is 131 cm³/mol. The van der Waals surface area contributed by atoms with Crippen molar-refractivity contribution in [1.82, 2.24) is 15.2 Å². The summed E-state index contributed by atoms with van der Waals surface area (Å²) in [5.41, 5.74) is 3.43. The molecule has 2 aromatic carbocycles. The molecule has 0 bridgehead atoms. The van der Waals surface area contributed by atoms with Crippen molar-refractivity contribution >= 4 is 35.0 Å². The maximum absolute atomic E-state index is 12.8. The number of aryl methyl sites for hydroxylation is 1. The number of aromatic amines is 1. The Kier molecular flexibility index (Phi) is 7.65. The van der Waals surface area contributed by atoms with Gasteiger partial charge in [0.15, 0.2) is 10.9 Å². The van der Waals surface area contributed by atoms with Gasteiger partial charge in [0.25, 0.3) is 5.56 Å². The van der Waals surface area contributed by atoms with Gasteiger partial charge in [-0.3, -0.25) is 19.4 Å². The molecule has 9 heteroatoms. The van der Waals surface area contributed by atoms with E-state index >= 15 is 0 Å². The highest BCUT2D eigenvalue weighted by Crippen LogP contribution is 2.26. The number of aromatic nitrogens is 3. The maximum Gasteiger partial charge on any atom is 0.278 e. The molecule has 0 saturated heterocycles. The Hall–Kier alpha value is -3.46. The SMILES string of the molecule is Cc1cccc(NC(=O)[C@@H](C)Sc2nnc(-c3ccccc3NC(=O)C(C)C)c(=O)[nH]2)c1C. The largest absolute Gasteiger partial charge is 0.325 e. The van der Waals surface area contributed by atoms with Gasteiger partial charge in [0, 0.05) is 17.2 Å². The molecule has 0 spiro atoms. The average molecular weight is 466 g/mol. The van der Waals surface area contributed by atoms with E-state index in [0.717, 1.165) is 28.6 Å². The van der Waals surface area contributed by atoms with Gasteiger partial charge in [-0.25, -0.2) is 0 Å². The summed E-state index contributed by atoms with van der Waals surface area (Å²) in [6.07, 6.45) is 0. The number of amides is 2. The molecule has 172 valence electrons. The van der Waals surface area contributed by atoms with Crippen LogP contribution in [0.5, 0.6) is 0 Å². The summed E-state index contributed by atoms with van der Waals surface area (Å²) in [6.45, 7) is 9.24. The van der Waals surface area contributed by atoms with Crippen LogP contribution in [0, 0.1) is 19.8 Å². The number of hydrogen-bond donors (Lipinski definition) is 3. The minimum atomic E-state index is -0.515. The molecule has 1 heterocycles. The van der Waals surface area contributed by atoms with Crippen LogP contribution in [0.2, 0.25) is 0 Å². The summed E-state index contributed by atoms with van der Waals surface area (Å²) in [6, 6.07) is 12.6. The van der Waals surface area contributed by atoms with Crippen LogP contribution in [-0.2, 0) is 9.59 Å². The van der Waals surface area contributed by atoms with Crippen molar-refractivity contribution in [3.63, 3.8) is 0 Å². The lowest BCUT2D eigenvalue weighted by molar-refractivity contribution is -0.119. The van der Waals surface area contributed by atoms with Gasteiger partial charge < -0.3 is 10.6 Å². The molecule has 3 aromatic rings. The first-order valence-electron chi connectivity index (χ1n) is 10.6. The fourth-order valence-electron chi connectivity index (χ4n) is 2.97. The summed E-state index contributed by atoms with van der Waals surface area (Å²) >= 11 is 1.11. The molecular weight excluding hydrogens is 438 g/mol. The zero-order chi connectivity index (χ0) is 24.1. The number of nitrogens with one attached hydrogen (secondary N) is 3. The van der Waals surface area contributed by atoms with Gasteiger partial charge in [-0.05, 0) is 44.0 Å². The van der Waals surface area contributed by atoms with Crippen LogP contribution >= 0.6 is 11.8 Å². The first-order chi connectivity index (χ1) is 15.7. The van der Waals surface area contributed by atoms with Crippen LogP contribution in [0.1, 0.15) is 31.9 Å². The number of hydrogen-bond acceptors (Lipinski definition) is 6. The summed E-state index contributed by atoms with van der Waals surface area (Å²) in [4.78, 5) is 40.2. The molecule has 0 aliphatic carbocycles. The number of nitrogens with zero attached hydrogens (tertiary/aromatic N) is 2. The van der Waals surface area contributed by atoms with Gasteiger partial charge >= 0.3 is 0 Å². The van der Waals surface area contributed by atoms with Gasteiger partial charge in [0.2, 0.25) is 11.8 Å². The molecule has 3 rings (SSSR count). The molecule has 33 heavy (non-hydrogen) atoms. The summed E-state index contributed by atoms with van der Waals surface area (Å²) in [7, 11) is 0. The van der Waals surface area contributed by atoms with E-state index in [2.05, 4.69) is 25.8 Å². The Balaban J connectivity index is 1.76. The van der Waals surface area contributed by atoms with Crippen LogP contribution in [0.3, 0.4) is 0 Å². The standard InChI is InChI=1S/C24H27N5O3S/c1-13(2)21(30)26-19-11-7-6-10-17(19)20-23(32)27-24(29-28-20)33-16(5)22(31)25-18-12-8-9-14(3)15(18)4/h6-13,16H,1-5H3,(H,25,31)(H,26,30)(H,27,29,32)/t16-/m1/s1. The third-order valence-electron chi connectivity index (χ3n) is 5.16. The smallest absolute Gasteiger partial charge is 0.278 e. The molecule has 3 N–H and O–H groups in total. The molecule has 0 aliphatic heterocycles. The van der Waals surface area contributed by atoms with Crippen LogP contribution in [0.25, 0.3) is 11.3 Å². The lowest BCUT2D eigenvalue weighted by Gasteiger charge is -2.14. The highest BCUT2D eigenvalue weighted by atomic mass is 32.2. The number of benzene rings is 2. The number of H-pyrrole nitrogens is 1. The Labute approximate surface area is 196 Å². The first-order valence-corrected chi connectivity index (χ1v) is 11.5. The van der Waals surface area contributed by atoms with Crippen molar-refractivity contribution < 1.29 is 9.59 Å². The second-order valence-corrected chi connectivity index (χ2v) is 9.32. The summed E-state index contributed by atoms with van der Waals surface area (Å²) in [5, 5.41) is 13.6. The van der Waals surface area contributed by atoms with Crippen molar-refractivity contribution in [3.05, 3.63) is 63.9 Å². The lowest BCUT2D eigenvalue weighted by Crippen LogP contribution is -2.24. The first kappa shape index (κ1) is 24.2. The fraction of sp³-hybridized carbons (Fsp3) is 0.292. The maximum atomic E-state index is 12.8. The highest BCUT2D eigenvalue weighted by Gasteiger charge is 2.19. The van der Waals surface area contributed by atoms with Gasteiger partial charge in [-0.1, -0.05) is 55.9 Å². The molecule has 0 unspecified atom stereocenters. The third-order valence-corrected chi connectivity index (χ3v) is 6.14. The van der Waals surface area contributed by atoms with E-state index < -0.39 is 10.8 Å². The molecule has 0 radical (unpaired) electrons. The quantitative estimate of drug-likeness (QED) is 0.451. The Bertz CT molecular complexity index is 1240. The second-order valence-electron chi connectivity index (χ2n) is 7.99. The topological polar surface area (TPSA) is 117 Å². The van der Waals surface area contributed by atoms with Crippen molar-refractivity contribution in [3.8, 4) is 11.3 Å². The van der Waals surface area contributed by atoms with E-state index in [9.17, 15) is 14.4 Å². The van der Waals surface area contributed by atoms with Crippen molar-refractivity contribution in [2.45, 2.75) is 45.0 Å². The van der Waals surface area contributed by atoms with Gasteiger partial charge in [-0.15, -0.1) is 10.2 Å². The number of thioether (sulfide) groups is 1. The van der Waals surface area contributed by atoms with E-state index in [1.807, 2.05) is 32.0 Å². The van der Waals surface area contributed by atoms with E-state index in [0.29, 0.717) is 11.3 Å². The van der Waals surface area contributed by atoms with Crippen LogP contribution in [0.15, 0.2) is 52.4 Å². The molecule has 1 aromatic heterocycles. The number of carbonyl (C=O) groups is 2. The third kappa shape index (κ3) is 5.87. The Morgan fingerprint density at radius 2 is 1.58 bits per heavy atom. The van der Waals surface area contributed by atoms with Crippen LogP contribution < -0.4 is 16.2 Å². The number of carbonyl (C=O) groups excluding carboxylic acids is 2. The molecular formula is C24H27N5O3S. The van der Waals surface area contributed by atoms with Gasteiger partial charge in [0.1, 0.15) is 0 Å². The second kappa shape index (κ2) is 10.4. The van der Waals surface area contributed by atoms with Crippen LogP contribution in [-0.4, -0.2) is 32.2 Å². The Morgan fingerprint density at radius 1 is 0.909 bits per heavy atom. The van der Waals surface area contributed by atoms with Crippen molar-refractivity contribution in [2.24, 2.45) is 5.92 Å². The number of anilines is 2.